The first-order valence-electron chi connectivity index (χ1n) is 6.31. The molecule has 98 valence electrons. The molecule has 1 fully saturated rings. The Morgan fingerprint density at radius 3 is 2.78 bits per heavy atom. The van der Waals surface area contributed by atoms with E-state index in [9.17, 15) is 9.90 Å². The average Bonchev–Trinajstić information content (AvgIpc) is 2.84. The largest absolute Gasteiger partial charge is 0.480 e. The number of aryl methyl sites for hydroxylation is 1. The molecule has 0 saturated carbocycles. The molecule has 2 unspecified atom stereocenters. The Labute approximate surface area is 107 Å². The molecule has 1 aliphatic rings. The number of ether oxygens (including phenoxy) is 1. The van der Waals surface area contributed by atoms with Crippen LogP contribution < -0.4 is 5.32 Å². The summed E-state index contributed by atoms with van der Waals surface area (Å²) < 4.78 is 5.48. The Balaban J connectivity index is 1.99. The Kier molecular flexibility index (Phi) is 4.33. The molecule has 1 aromatic rings. The van der Waals surface area contributed by atoms with Crippen LogP contribution in [0.3, 0.4) is 0 Å². The molecule has 18 heavy (non-hydrogen) atoms. The highest BCUT2D eigenvalue weighted by atomic mass is 16.5. The van der Waals surface area contributed by atoms with Gasteiger partial charge in [0.1, 0.15) is 6.04 Å². The minimum absolute atomic E-state index is 0.150. The van der Waals surface area contributed by atoms with Crippen molar-refractivity contribution in [3.05, 3.63) is 35.4 Å². The van der Waals surface area contributed by atoms with Crippen molar-refractivity contribution in [3.8, 4) is 0 Å². The van der Waals surface area contributed by atoms with Gasteiger partial charge < -0.3 is 9.84 Å². The number of hydrogen-bond donors (Lipinski definition) is 2. The van der Waals surface area contributed by atoms with Crippen molar-refractivity contribution in [2.45, 2.75) is 31.9 Å². The molecule has 2 N–H and O–H groups in total. The Bertz CT molecular complexity index is 396. The van der Waals surface area contributed by atoms with E-state index in [2.05, 4.69) is 5.32 Å². The summed E-state index contributed by atoms with van der Waals surface area (Å²) in [7, 11) is 0. The number of benzene rings is 1. The van der Waals surface area contributed by atoms with E-state index in [-0.39, 0.29) is 6.10 Å². The second-order valence-corrected chi connectivity index (χ2v) is 4.73. The maximum absolute atomic E-state index is 11.3. The lowest BCUT2D eigenvalue weighted by Gasteiger charge is -2.17. The predicted octanol–water partition coefficient (Wildman–Crippen LogP) is 1.89. The topological polar surface area (TPSA) is 58.6 Å². The minimum atomic E-state index is -0.850. The highest BCUT2D eigenvalue weighted by Crippen LogP contribution is 2.16. The zero-order chi connectivity index (χ0) is 13.0. The van der Waals surface area contributed by atoms with Gasteiger partial charge in [-0.25, -0.2) is 0 Å². The molecule has 1 saturated heterocycles. The molecule has 1 aliphatic heterocycles. The van der Waals surface area contributed by atoms with Gasteiger partial charge in [-0.1, -0.05) is 29.8 Å². The molecular weight excluding hydrogens is 230 g/mol. The van der Waals surface area contributed by atoms with Gasteiger partial charge in [0.25, 0.3) is 0 Å². The Hall–Kier alpha value is -1.39. The van der Waals surface area contributed by atoms with Crippen LogP contribution in [-0.2, 0) is 9.53 Å². The van der Waals surface area contributed by atoms with Crippen LogP contribution in [0.1, 0.15) is 30.0 Å². The van der Waals surface area contributed by atoms with Gasteiger partial charge in [-0.3, -0.25) is 10.1 Å². The van der Waals surface area contributed by atoms with Gasteiger partial charge in [0.05, 0.1) is 6.10 Å². The molecule has 0 aliphatic carbocycles. The molecule has 1 heterocycles. The van der Waals surface area contributed by atoms with Gasteiger partial charge in [0, 0.05) is 13.2 Å². The van der Waals surface area contributed by atoms with Crippen molar-refractivity contribution < 1.29 is 14.6 Å². The van der Waals surface area contributed by atoms with E-state index in [4.69, 9.17) is 4.74 Å². The van der Waals surface area contributed by atoms with E-state index in [1.54, 1.807) is 0 Å². The molecule has 2 rings (SSSR count). The highest BCUT2D eigenvalue weighted by Gasteiger charge is 2.22. The van der Waals surface area contributed by atoms with Gasteiger partial charge >= 0.3 is 5.97 Å². The first-order valence-corrected chi connectivity index (χ1v) is 6.31. The third-order valence-corrected chi connectivity index (χ3v) is 3.23. The standard InChI is InChI=1S/C14H19NO3/c1-10-4-6-11(7-5-10)13(14(16)17)15-9-12-3-2-8-18-12/h4-7,12-13,15H,2-3,8-9H2,1H3,(H,16,17). The SMILES string of the molecule is Cc1ccc(C(NCC2CCCO2)C(=O)O)cc1. The number of carboxylic acid groups (broad SMARTS) is 1. The summed E-state index contributed by atoms with van der Waals surface area (Å²) in [6, 6.07) is 6.92. The minimum Gasteiger partial charge on any atom is -0.480 e. The number of carbonyl (C=O) groups is 1. The van der Waals surface area contributed by atoms with Crippen molar-refractivity contribution in [2.75, 3.05) is 13.2 Å². The van der Waals surface area contributed by atoms with Crippen LogP contribution >= 0.6 is 0 Å². The van der Waals surface area contributed by atoms with Crippen LogP contribution in [0.15, 0.2) is 24.3 Å². The molecule has 4 heteroatoms. The summed E-state index contributed by atoms with van der Waals surface area (Å²) in [5.74, 6) is -0.850. The van der Waals surface area contributed by atoms with Crippen LogP contribution in [0.2, 0.25) is 0 Å². The maximum atomic E-state index is 11.3. The lowest BCUT2D eigenvalue weighted by molar-refractivity contribution is -0.139. The summed E-state index contributed by atoms with van der Waals surface area (Å²) >= 11 is 0. The lowest BCUT2D eigenvalue weighted by Crippen LogP contribution is -2.34. The molecular formula is C14H19NO3. The zero-order valence-electron chi connectivity index (χ0n) is 10.6. The Morgan fingerprint density at radius 2 is 2.22 bits per heavy atom. The van der Waals surface area contributed by atoms with Gasteiger partial charge in [0.2, 0.25) is 0 Å². The summed E-state index contributed by atoms with van der Waals surface area (Å²) in [5, 5.41) is 12.3. The molecule has 4 nitrogen and oxygen atoms in total. The predicted molar refractivity (Wildman–Crippen MR) is 68.5 cm³/mol. The van der Waals surface area contributed by atoms with E-state index in [0.717, 1.165) is 30.6 Å². The van der Waals surface area contributed by atoms with E-state index >= 15 is 0 Å². The number of nitrogens with one attached hydrogen (secondary N) is 1. The second kappa shape index (κ2) is 5.98. The van der Waals surface area contributed by atoms with Crippen molar-refractivity contribution in [1.82, 2.24) is 5.32 Å². The third kappa shape index (κ3) is 3.31. The van der Waals surface area contributed by atoms with Crippen molar-refractivity contribution in [1.29, 1.82) is 0 Å². The normalized spacial score (nSPS) is 20.8. The number of hydrogen-bond acceptors (Lipinski definition) is 3. The molecule has 1 aromatic carbocycles. The van der Waals surface area contributed by atoms with Crippen molar-refractivity contribution >= 4 is 5.97 Å². The second-order valence-electron chi connectivity index (χ2n) is 4.73. The molecule has 2 atom stereocenters. The van der Waals surface area contributed by atoms with Gasteiger partial charge in [-0.05, 0) is 25.3 Å². The Morgan fingerprint density at radius 1 is 1.50 bits per heavy atom. The molecule has 0 amide bonds. The smallest absolute Gasteiger partial charge is 0.325 e. The van der Waals surface area contributed by atoms with Gasteiger partial charge in [0.15, 0.2) is 0 Å². The van der Waals surface area contributed by atoms with Crippen LogP contribution in [0, 0.1) is 6.92 Å². The molecule has 0 spiro atoms. The fraction of sp³-hybridized carbons (Fsp3) is 0.500. The van der Waals surface area contributed by atoms with Crippen LogP contribution in [0.5, 0.6) is 0 Å². The van der Waals surface area contributed by atoms with E-state index < -0.39 is 12.0 Å². The van der Waals surface area contributed by atoms with E-state index in [0.29, 0.717) is 6.54 Å². The molecule has 0 bridgehead atoms. The van der Waals surface area contributed by atoms with Crippen LogP contribution in [-0.4, -0.2) is 30.3 Å². The number of carboxylic acids is 1. The third-order valence-electron chi connectivity index (χ3n) is 3.23. The molecule has 0 radical (unpaired) electrons. The van der Waals surface area contributed by atoms with E-state index in [1.807, 2.05) is 31.2 Å². The fourth-order valence-corrected chi connectivity index (χ4v) is 2.16. The zero-order valence-corrected chi connectivity index (χ0v) is 10.6. The highest BCUT2D eigenvalue weighted by molar-refractivity contribution is 5.75. The van der Waals surface area contributed by atoms with Crippen LogP contribution in [0.25, 0.3) is 0 Å². The quantitative estimate of drug-likeness (QED) is 0.836. The summed E-state index contributed by atoms with van der Waals surface area (Å²) in [4.78, 5) is 11.3. The first-order chi connectivity index (χ1) is 8.66. The molecule has 0 aromatic heterocycles. The maximum Gasteiger partial charge on any atom is 0.325 e. The van der Waals surface area contributed by atoms with Crippen LogP contribution in [0.4, 0.5) is 0 Å². The van der Waals surface area contributed by atoms with Crippen molar-refractivity contribution in [3.63, 3.8) is 0 Å². The fourth-order valence-electron chi connectivity index (χ4n) is 2.16. The van der Waals surface area contributed by atoms with Gasteiger partial charge in [-0.2, -0.15) is 0 Å². The monoisotopic (exact) mass is 249 g/mol. The number of aliphatic carboxylic acids is 1. The van der Waals surface area contributed by atoms with Gasteiger partial charge in [-0.15, -0.1) is 0 Å². The van der Waals surface area contributed by atoms with Crippen molar-refractivity contribution in [2.24, 2.45) is 0 Å². The summed E-state index contributed by atoms with van der Waals surface area (Å²) in [6.45, 7) is 3.36. The first kappa shape index (κ1) is 13.1. The summed E-state index contributed by atoms with van der Waals surface area (Å²) in [5.41, 5.74) is 1.91. The summed E-state index contributed by atoms with van der Waals surface area (Å²) in [6.07, 6.45) is 2.22. The number of rotatable bonds is 5. The van der Waals surface area contributed by atoms with E-state index in [1.165, 1.54) is 0 Å². The average molecular weight is 249 g/mol. The lowest BCUT2D eigenvalue weighted by atomic mass is 10.0.